The normalized spacial score (nSPS) is 21.8. The maximum absolute atomic E-state index is 13.4. The summed E-state index contributed by atoms with van der Waals surface area (Å²) in [4.78, 5) is 27.1. The highest BCUT2D eigenvalue weighted by Crippen LogP contribution is 2.26. The number of ether oxygens (including phenoxy) is 2. The highest BCUT2D eigenvalue weighted by molar-refractivity contribution is 6.01. The van der Waals surface area contributed by atoms with Crippen molar-refractivity contribution in [2.24, 2.45) is 5.92 Å². The van der Waals surface area contributed by atoms with Crippen molar-refractivity contribution in [2.75, 3.05) is 44.5 Å². The Balaban J connectivity index is 1.80. The van der Waals surface area contributed by atoms with E-state index < -0.39 is 11.8 Å². The lowest BCUT2D eigenvalue weighted by molar-refractivity contribution is 0.0281. The Bertz CT molecular complexity index is 987. The second-order valence-electron chi connectivity index (χ2n) is 8.36. The summed E-state index contributed by atoms with van der Waals surface area (Å²) in [5, 5.41) is 8.70. The zero-order chi connectivity index (χ0) is 24.0. The minimum Gasteiger partial charge on any atom is -0.491 e. The van der Waals surface area contributed by atoms with E-state index in [1.165, 1.54) is 18.2 Å². The van der Waals surface area contributed by atoms with E-state index in [-0.39, 0.29) is 24.0 Å². The summed E-state index contributed by atoms with van der Waals surface area (Å²) >= 11 is 0. The summed E-state index contributed by atoms with van der Waals surface area (Å²) in [5.74, 6) is -0.0749. The monoisotopic (exact) mass is 458 g/mol. The van der Waals surface area contributed by atoms with Gasteiger partial charge in [0.05, 0.1) is 11.7 Å². The number of amides is 3. The average Bonchev–Trinajstić information content (AvgIpc) is 2.78. The van der Waals surface area contributed by atoms with Crippen molar-refractivity contribution in [3.63, 3.8) is 0 Å². The Morgan fingerprint density at radius 1 is 1.18 bits per heavy atom. The Kier molecular flexibility index (Phi) is 8.24. The third kappa shape index (κ3) is 6.66. The zero-order valence-corrected chi connectivity index (χ0v) is 19.4. The number of likely N-dealkylation sites (N-methyl/N-ethyl adjacent to an activating group) is 1. The zero-order valence-electron chi connectivity index (χ0n) is 19.4. The van der Waals surface area contributed by atoms with E-state index in [0.717, 1.165) is 6.54 Å². The first-order valence-corrected chi connectivity index (χ1v) is 10.9. The molecule has 8 nitrogen and oxygen atoms in total. The Hall–Kier alpha value is -3.17. The molecule has 178 valence electrons. The van der Waals surface area contributed by atoms with Crippen molar-refractivity contribution < 1.29 is 23.5 Å². The average molecular weight is 459 g/mol. The van der Waals surface area contributed by atoms with Crippen LogP contribution in [-0.4, -0.2) is 62.8 Å². The van der Waals surface area contributed by atoms with Crippen molar-refractivity contribution >= 4 is 23.3 Å². The Morgan fingerprint density at radius 2 is 1.91 bits per heavy atom. The van der Waals surface area contributed by atoms with Gasteiger partial charge in [-0.2, -0.15) is 0 Å². The summed E-state index contributed by atoms with van der Waals surface area (Å²) in [6.07, 6.45) is -0.116. The maximum Gasteiger partial charge on any atom is 0.323 e. The van der Waals surface area contributed by atoms with Crippen LogP contribution in [0, 0.1) is 11.7 Å². The summed E-state index contributed by atoms with van der Waals surface area (Å²) in [6, 6.07) is 9.98. The second kappa shape index (κ2) is 11.1. The van der Waals surface area contributed by atoms with Crippen molar-refractivity contribution in [2.45, 2.75) is 26.0 Å². The number of nitrogens with one attached hydrogen (secondary N) is 3. The van der Waals surface area contributed by atoms with Gasteiger partial charge in [-0.3, -0.25) is 4.79 Å². The van der Waals surface area contributed by atoms with Gasteiger partial charge in [0.2, 0.25) is 0 Å². The van der Waals surface area contributed by atoms with Gasteiger partial charge in [0, 0.05) is 50.7 Å². The molecule has 0 spiro atoms. The maximum atomic E-state index is 13.4. The fourth-order valence-corrected chi connectivity index (χ4v) is 3.59. The molecule has 3 N–H and O–H groups in total. The Morgan fingerprint density at radius 3 is 2.61 bits per heavy atom. The largest absolute Gasteiger partial charge is 0.491 e. The molecule has 0 fully saturated rings. The third-order valence-corrected chi connectivity index (χ3v) is 5.57. The van der Waals surface area contributed by atoms with Crippen molar-refractivity contribution in [1.29, 1.82) is 0 Å². The minimum atomic E-state index is -0.538. The standard InChI is InChI=1S/C24H31FN4O4/c1-15-12-26-16(2)14-33-21-11-19(28-24(31)27-18-7-5-6-17(25)10-18)8-9-20(21)23(30)29(3)13-22(15)32-4/h5-11,15-16,22,26H,12-14H2,1-4H3,(H2,27,28,31)/t15-,16+,22-/m1/s1. The molecule has 3 amide bonds. The lowest BCUT2D eigenvalue weighted by Crippen LogP contribution is -2.44. The van der Waals surface area contributed by atoms with E-state index in [2.05, 4.69) is 22.9 Å². The molecule has 0 aliphatic carbocycles. The number of halogens is 1. The predicted octanol–water partition coefficient (Wildman–Crippen LogP) is 3.56. The molecule has 1 aliphatic heterocycles. The number of hydrogen-bond acceptors (Lipinski definition) is 5. The van der Waals surface area contributed by atoms with Gasteiger partial charge in [-0.25, -0.2) is 9.18 Å². The van der Waals surface area contributed by atoms with Gasteiger partial charge >= 0.3 is 6.03 Å². The number of benzene rings is 2. The number of carbonyl (C=O) groups excluding carboxylic acids is 2. The van der Waals surface area contributed by atoms with Crippen LogP contribution in [0.1, 0.15) is 24.2 Å². The van der Waals surface area contributed by atoms with Gasteiger partial charge in [0.1, 0.15) is 18.2 Å². The minimum absolute atomic E-state index is 0.0398. The second-order valence-corrected chi connectivity index (χ2v) is 8.36. The molecule has 0 bridgehead atoms. The molecule has 0 saturated carbocycles. The molecule has 1 aliphatic rings. The molecule has 3 rings (SSSR count). The highest BCUT2D eigenvalue weighted by atomic mass is 19.1. The number of anilines is 2. The van der Waals surface area contributed by atoms with Crippen LogP contribution in [0.3, 0.4) is 0 Å². The van der Waals surface area contributed by atoms with E-state index in [1.807, 2.05) is 6.92 Å². The van der Waals surface area contributed by atoms with Crippen LogP contribution in [0.4, 0.5) is 20.6 Å². The number of carbonyl (C=O) groups is 2. The number of fused-ring (bicyclic) bond motifs is 1. The van der Waals surface area contributed by atoms with Crippen molar-refractivity contribution in [1.82, 2.24) is 10.2 Å². The Labute approximate surface area is 193 Å². The van der Waals surface area contributed by atoms with Crippen molar-refractivity contribution in [3.8, 4) is 5.75 Å². The molecule has 2 aromatic rings. The SMILES string of the molecule is CO[C@@H]1CN(C)C(=O)c2ccc(NC(=O)Nc3cccc(F)c3)cc2OC[C@H](C)NC[C@H]1C. The van der Waals surface area contributed by atoms with Crippen LogP contribution in [0.25, 0.3) is 0 Å². The van der Waals surface area contributed by atoms with Crippen LogP contribution in [0.2, 0.25) is 0 Å². The first-order valence-electron chi connectivity index (χ1n) is 10.9. The van der Waals surface area contributed by atoms with Gasteiger partial charge in [0.15, 0.2) is 0 Å². The van der Waals surface area contributed by atoms with Crippen LogP contribution >= 0.6 is 0 Å². The molecule has 0 unspecified atom stereocenters. The molecule has 1 heterocycles. The first kappa shape index (κ1) is 24.5. The lowest BCUT2D eigenvalue weighted by atomic mass is 10.0. The predicted molar refractivity (Wildman–Crippen MR) is 125 cm³/mol. The number of methoxy groups -OCH3 is 1. The van der Waals surface area contributed by atoms with E-state index >= 15 is 0 Å². The van der Waals surface area contributed by atoms with Crippen LogP contribution < -0.4 is 20.7 Å². The molecule has 2 aromatic carbocycles. The van der Waals surface area contributed by atoms with E-state index in [0.29, 0.717) is 35.8 Å². The number of nitrogens with zero attached hydrogens (tertiary/aromatic N) is 1. The molecule has 3 atom stereocenters. The summed E-state index contributed by atoms with van der Waals surface area (Å²) < 4.78 is 25.0. The number of urea groups is 1. The van der Waals surface area contributed by atoms with Gasteiger partial charge in [-0.1, -0.05) is 13.0 Å². The van der Waals surface area contributed by atoms with E-state index in [4.69, 9.17) is 9.47 Å². The van der Waals surface area contributed by atoms with Crippen LogP contribution in [-0.2, 0) is 4.74 Å². The molecular formula is C24H31FN4O4. The summed E-state index contributed by atoms with van der Waals surface area (Å²) in [6.45, 7) is 5.58. The molecule has 0 aromatic heterocycles. The van der Waals surface area contributed by atoms with Gasteiger partial charge < -0.3 is 30.3 Å². The summed E-state index contributed by atoms with van der Waals surface area (Å²) in [7, 11) is 3.38. The smallest absolute Gasteiger partial charge is 0.323 e. The van der Waals surface area contributed by atoms with E-state index in [1.54, 1.807) is 43.3 Å². The van der Waals surface area contributed by atoms with Gasteiger partial charge in [0.25, 0.3) is 5.91 Å². The van der Waals surface area contributed by atoms with Gasteiger partial charge in [-0.05, 0) is 43.2 Å². The van der Waals surface area contributed by atoms with Crippen molar-refractivity contribution in [3.05, 3.63) is 53.8 Å². The molecule has 9 heteroatoms. The summed E-state index contributed by atoms with van der Waals surface area (Å²) in [5.41, 5.74) is 1.16. The highest BCUT2D eigenvalue weighted by Gasteiger charge is 2.25. The van der Waals surface area contributed by atoms with Gasteiger partial charge in [-0.15, -0.1) is 0 Å². The quantitative estimate of drug-likeness (QED) is 0.654. The number of rotatable bonds is 3. The third-order valence-electron chi connectivity index (χ3n) is 5.57. The van der Waals surface area contributed by atoms with Crippen LogP contribution in [0.5, 0.6) is 5.75 Å². The number of hydrogen-bond donors (Lipinski definition) is 3. The molecule has 0 radical (unpaired) electrons. The first-order chi connectivity index (χ1) is 15.8. The molecule has 0 saturated heterocycles. The fraction of sp³-hybridized carbons (Fsp3) is 0.417. The lowest BCUT2D eigenvalue weighted by Gasteiger charge is -2.30. The molecular weight excluding hydrogens is 427 g/mol. The molecule has 33 heavy (non-hydrogen) atoms. The van der Waals surface area contributed by atoms with Crippen LogP contribution in [0.15, 0.2) is 42.5 Å². The fourth-order valence-electron chi connectivity index (χ4n) is 3.59. The van der Waals surface area contributed by atoms with E-state index in [9.17, 15) is 14.0 Å². The topological polar surface area (TPSA) is 91.9 Å².